The van der Waals surface area contributed by atoms with E-state index in [2.05, 4.69) is 20.8 Å². The Hall–Kier alpha value is -1.59. The fraction of sp³-hybridized carbons (Fsp3) is 0.950. The number of rotatable bonds is 56. The molecule has 0 aliphatic rings. The van der Waals surface area contributed by atoms with Crippen molar-refractivity contribution in [2.45, 2.75) is 354 Å². The summed E-state index contributed by atoms with van der Waals surface area (Å²) in [6, 6.07) is 0. The molecule has 6 heteroatoms. The van der Waals surface area contributed by atoms with Crippen LogP contribution in [0.2, 0.25) is 0 Å². The second-order valence-electron chi connectivity index (χ2n) is 20.6. The van der Waals surface area contributed by atoms with Gasteiger partial charge in [0.15, 0.2) is 6.10 Å². The Morgan fingerprint density at radius 3 is 0.606 bits per heavy atom. The van der Waals surface area contributed by atoms with Crippen LogP contribution >= 0.6 is 0 Å². The van der Waals surface area contributed by atoms with Crippen molar-refractivity contribution >= 4 is 17.9 Å². The first-order valence-electron chi connectivity index (χ1n) is 30.0. The SMILES string of the molecule is CCCCCCCCCCCCCCCCCCCCCCCCCC(=O)OCC(COC(=O)CCCCCCCCC)OC(=O)CCCCCCCCCCCCCCCCCCCC. The Kier molecular flexibility index (Phi) is 54.7. The maximum Gasteiger partial charge on any atom is 0.306 e. The summed E-state index contributed by atoms with van der Waals surface area (Å²) in [6.45, 7) is 6.67. The van der Waals surface area contributed by atoms with E-state index in [-0.39, 0.29) is 31.1 Å². The predicted molar refractivity (Wildman–Crippen MR) is 284 cm³/mol. The van der Waals surface area contributed by atoms with E-state index in [0.717, 1.165) is 57.8 Å². The molecule has 0 amide bonds. The highest BCUT2D eigenvalue weighted by molar-refractivity contribution is 5.71. The van der Waals surface area contributed by atoms with E-state index >= 15 is 0 Å². The van der Waals surface area contributed by atoms with Gasteiger partial charge in [-0.1, -0.05) is 310 Å². The van der Waals surface area contributed by atoms with Gasteiger partial charge >= 0.3 is 17.9 Å². The van der Waals surface area contributed by atoms with E-state index < -0.39 is 6.10 Å². The fourth-order valence-corrected chi connectivity index (χ4v) is 9.33. The molecule has 66 heavy (non-hydrogen) atoms. The van der Waals surface area contributed by atoms with Gasteiger partial charge in [0.1, 0.15) is 13.2 Å². The standard InChI is InChI=1S/C60H116O6/c1-4-7-10-13-16-18-20-22-24-26-28-29-30-31-32-34-35-37-39-41-44-47-50-53-59(62)65-56-57(55-64-58(61)52-49-46-43-15-12-9-6-3)66-60(63)54-51-48-45-42-40-38-36-33-27-25-23-21-19-17-14-11-8-5-2/h57H,4-56H2,1-3H3. The lowest BCUT2D eigenvalue weighted by Crippen LogP contribution is -2.30. The average Bonchev–Trinajstić information content (AvgIpc) is 3.31. The van der Waals surface area contributed by atoms with E-state index in [9.17, 15) is 14.4 Å². The monoisotopic (exact) mass is 933 g/mol. The number of carbonyl (C=O) groups excluding carboxylic acids is 3. The molecule has 0 saturated heterocycles. The highest BCUT2D eigenvalue weighted by Crippen LogP contribution is 2.18. The molecule has 0 rings (SSSR count). The summed E-state index contributed by atoms with van der Waals surface area (Å²) in [5.74, 6) is -0.840. The Bertz CT molecular complexity index is 982. The van der Waals surface area contributed by atoms with Crippen molar-refractivity contribution in [1.82, 2.24) is 0 Å². The minimum absolute atomic E-state index is 0.0617. The highest BCUT2D eigenvalue weighted by Gasteiger charge is 2.19. The number of carbonyl (C=O) groups is 3. The normalized spacial score (nSPS) is 11.9. The second kappa shape index (κ2) is 56.0. The molecule has 0 aliphatic carbocycles. The Morgan fingerprint density at radius 2 is 0.409 bits per heavy atom. The quantitative estimate of drug-likeness (QED) is 0.0343. The van der Waals surface area contributed by atoms with Gasteiger partial charge in [-0.2, -0.15) is 0 Å². The molecule has 6 nitrogen and oxygen atoms in total. The van der Waals surface area contributed by atoms with Gasteiger partial charge in [0, 0.05) is 19.3 Å². The number of ether oxygens (including phenoxy) is 3. The van der Waals surface area contributed by atoms with Crippen LogP contribution in [-0.2, 0) is 28.6 Å². The van der Waals surface area contributed by atoms with Crippen LogP contribution in [0.5, 0.6) is 0 Å². The van der Waals surface area contributed by atoms with Crippen LogP contribution < -0.4 is 0 Å². The molecule has 0 aromatic carbocycles. The van der Waals surface area contributed by atoms with Gasteiger partial charge in [0.05, 0.1) is 0 Å². The second-order valence-corrected chi connectivity index (χ2v) is 20.6. The van der Waals surface area contributed by atoms with E-state index in [0.29, 0.717) is 19.3 Å². The van der Waals surface area contributed by atoms with Crippen molar-refractivity contribution in [1.29, 1.82) is 0 Å². The molecule has 0 aromatic heterocycles. The lowest BCUT2D eigenvalue weighted by Gasteiger charge is -2.18. The van der Waals surface area contributed by atoms with Crippen LogP contribution in [0.1, 0.15) is 348 Å². The third kappa shape index (κ3) is 53.4. The fourth-order valence-electron chi connectivity index (χ4n) is 9.33. The van der Waals surface area contributed by atoms with E-state index in [4.69, 9.17) is 14.2 Å². The predicted octanol–water partition coefficient (Wildman–Crippen LogP) is 19.9. The van der Waals surface area contributed by atoms with Crippen molar-refractivity contribution in [3.05, 3.63) is 0 Å². The number of unbranched alkanes of at least 4 members (excludes halogenated alkanes) is 45. The largest absolute Gasteiger partial charge is 0.462 e. The topological polar surface area (TPSA) is 78.9 Å². The third-order valence-electron chi connectivity index (χ3n) is 13.9. The van der Waals surface area contributed by atoms with Gasteiger partial charge < -0.3 is 14.2 Å². The van der Waals surface area contributed by atoms with Crippen LogP contribution in [-0.4, -0.2) is 37.2 Å². The maximum absolute atomic E-state index is 12.8. The first kappa shape index (κ1) is 64.4. The lowest BCUT2D eigenvalue weighted by atomic mass is 10.0. The average molecular weight is 934 g/mol. The van der Waals surface area contributed by atoms with Crippen molar-refractivity contribution in [2.75, 3.05) is 13.2 Å². The zero-order valence-electron chi connectivity index (χ0n) is 45.0. The van der Waals surface area contributed by atoms with Crippen LogP contribution in [0.4, 0.5) is 0 Å². The van der Waals surface area contributed by atoms with Crippen LogP contribution in [0, 0.1) is 0 Å². The Labute approximate surface area is 412 Å². The van der Waals surface area contributed by atoms with Crippen molar-refractivity contribution in [2.24, 2.45) is 0 Å². The molecule has 392 valence electrons. The molecular weight excluding hydrogens is 817 g/mol. The van der Waals surface area contributed by atoms with Gasteiger partial charge in [-0.3, -0.25) is 14.4 Å². The molecule has 0 N–H and O–H groups in total. The van der Waals surface area contributed by atoms with E-state index in [1.807, 2.05) is 0 Å². The molecular formula is C60H116O6. The summed E-state index contributed by atoms with van der Waals surface area (Å²) < 4.78 is 16.8. The summed E-state index contributed by atoms with van der Waals surface area (Å²) in [4.78, 5) is 38.0. The van der Waals surface area contributed by atoms with Gasteiger partial charge in [-0.15, -0.1) is 0 Å². The van der Waals surface area contributed by atoms with Gasteiger partial charge in [-0.05, 0) is 19.3 Å². The first-order chi connectivity index (χ1) is 32.5. The highest BCUT2D eigenvalue weighted by atomic mass is 16.6. The molecule has 0 spiro atoms. The maximum atomic E-state index is 12.8. The molecule has 0 radical (unpaired) electrons. The van der Waals surface area contributed by atoms with Crippen LogP contribution in [0.15, 0.2) is 0 Å². The summed E-state index contributed by atoms with van der Waals surface area (Å²) >= 11 is 0. The molecule has 1 atom stereocenters. The van der Waals surface area contributed by atoms with Crippen LogP contribution in [0.25, 0.3) is 0 Å². The van der Waals surface area contributed by atoms with Gasteiger partial charge in [-0.25, -0.2) is 0 Å². The molecule has 0 aliphatic heterocycles. The summed E-state index contributed by atoms with van der Waals surface area (Å²) in [6.07, 6.45) is 62.7. The van der Waals surface area contributed by atoms with Gasteiger partial charge in [0.2, 0.25) is 0 Å². The third-order valence-corrected chi connectivity index (χ3v) is 13.9. The minimum Gasteiger partial charge on any atom is -0.462 e. The molecule has 0 heterocycles. The van der Waals surface area contributed by atoms with Gasteiger partial charge in [0.25, 0.3) is 0 Å². The summed E-state index contributed by atoms with van der Waals surface area (Å²) in [7, 11) is 0. The first-order valence-corrected chi connectivity index (χ1v) is 30.0. The number of hydrogen-bond donors (Lipinski definition) is 0. The van der Waals surface area contributed by atoms with Crippen molar-refractivity contribution in [3.63, 3.8) is 0 Å². The summed E-state index contributed by atoms with van der Waals surface area (Å²) in [5.41, 5.74) is 0. The molecule has 0 bridgehead atoms. The smallest absolute Gasteiger partial charge is 0.306 e. The van der Waals surface area contributed by atoms with Crippen molar-refractivity contribution in [3.8, 4) is 0 Å². The van der Waals surface area contributed by atoms with Crippen LogP contribution in [0.3, 0.4) is 0 Å². The Balaban J connectivity index is 4.08. The zero-order chi connectivity index (χ0) is 47.9. The molecule has 0 aromatic rings. The van der Waals surface area contributed by atoms with E-state index in [1.165, 1.54) is 250 Å². The van der Waals surface area contributed by atoms with Crippen molar-refractivity contribution < 1.29 is 28.6 Å². The Morgan fingerprint density at radius 1 is 0.242 bits per heavy atom. The molecule has 1 unspecified atom stereocenters. The number of esters is 3. The van der Waals surface area contributed by atoms with E-state index in [1.54, 1.807) is 0 Å². The summed E-state index contributed by atoms with van der Waals surface area (Å²) in [5, 5.41) is 0. The zero-order valence-corrected chi connectivity index (χ0v) is 45.0. The molecule has 0 saturated carbocycles. The lowest BCUT2D eigenvalue weighted by molar-refractivity contribution is -0.167. The number of hydrogen-bond acceptors (Lipinski definition) is 6. The molecule has 0 fully saturated rings. The minimum atomic E-state index is -0.760.